The van der Waals surface area contributed by atoms with Gasteiger partial charge in [-0.05, 0) is 47.9 Å². The number of benzene rings is 2. The predicted octanol–water partition coefficient (Wildman–Crippen LogP) is 7.06. The average Bonchev–Trinajstić information content (AvgIpc) is 3.09. The Hall–Kier alpha value is -2.41. The van der Waals surface area contributed by atoms with Crippen LogP contribution < -0.4 is 0 Å². The molecule has 28 heavy (non-hydrogen) atoms. The summed E-state index contributed by atoms with van der Waals surface area (Å²) < 4.78 is 0. The molecule has 0 saturated heterocycles. The maximum absolute atomic E-state index is 12.5. The quantitative estimate of drug-likeness (QED) is 0.485. The second-order valence-electron chi connectivity index (χ2n) is 8.31. The maximum Gasteiger partial charge on any atom is 0.137 e. The second kappa shape index (κ2) is 9.19. The number of rotatable bonds is 8. The lowest BCUT2D eigenvalue weighted by atomic mass is 9.86. The molecule has 2 aromatic rings. The monoisotopic (exact) mass is 372 g/mol. The van der Waals surface area contributed by atoms with Gasteiger partial charge < -0.3 is 0 Å². The molecule has 2 aromatic carbocycles. The summed E-state index contributed by atoms with van der Waals surface area (Å²) in [6, 6.07) is 17.2. The van der Waals surface area contributed by atoms with Crippen LogP contribution in [-0.2, 0) is 11.2 Å². The molecule has 0 fully saturated rings. The van der Waals surface area contributed by atoms with E-state index in [-0.39, 0.29) is 0 Å². The van der Waals surface area contributed by atoms with Crippen molar-refractivity contribution >= 4 is 11.4 Å². The van der Waals surface area contributed by atoms with Crippen LogP contribution in [0.3, 0.4) is 0 Å². The highest BCUT2D eigenvalue weighted by Crippen LogP contribution is 2.38. The van der Waals surface area contributed by atoms with Gasteiger partial charge in [0, 0.05) is 18.8 Å². The largest absolute Gasteiger partial charge is 0.299 e. The maximum atomic E-state index is 12.5. The zero-order chi connectivity index (χ0) is 20.1. The Morgan fingerprint density at radius 2 is 1.79 bits per heavy atom. The van der Waals surface area contributed by atoms with E-state index in [1.54, 1.807) is 0 Å². The van der Waals surface area contributed by atoms with Gasteiger partial charge in [-0.25, -0.2) is 0 Å². The van der Waals surface area contributed by atoms with Crippen molar-refractivity contribution in [2.24, 2.45) is 5.92 Å². The molecule has 0 spiro atoms. The molecule has 1 nitrogen and oxygen atoms in total. The zero-order valence-electron chi connectivity index (χ0n) is 17.7. The molecule has 1 atom stereocenters. The van der Waals surface area contributed by atoms with Gasteiger partial charge in [0.15, 0.2) is 0 Å². The van der Waals surface area contributed by atoms with E-state index in [0.717, 1.165) is 18.4 Å². The van der Waals surface area contributed by atoms with Gasteiger partial charge in [0.25, 0.3) is 0 Å². The third-order valence-electron chi connectivity index (χ3n) is 5.80. The topological polar surface area (TPSA) is 17.1 Å². The Kier molecular flexibility index (Phi) is 6.67. The van der Waals surface area contributed by atoms with Gasteiger partial charge in [-0.15, -0.1) is 0 Å². The van der Waals surface area contributed by atoms with Crippen LogP contribution in [0.2, 0.25) is 0 Å². The van der Waals surface area contributed by atoms with Crippen LogP contribution in [0.5, 0.6) is 0 Å². The highest BCUT2D eigenvalue weighted by molar-refractivity contribution is 5.81. The van der Waals surface area contributed by atoms with Crippen molar-refractivity contribution < 1.29 is 4.79 Å². The fraction of sp³-hybridized carbons (Fsp3) is 0.370. The van der Waals surface area contributed by atoms with Crippen molar-refractivity contribution in [3.8, 4) is 0 Å². The van der Waals surface area contributed by atoms with Crippen LogP contribution in [0.4, 0.5) is 0 Å². The second-order valence-corrected chi connectivity index (χ2v) is 8.31. The number of carbonyl (C=O) groups excluding carboxylic acids is 1. The Labute approximate surface area is 170 Å². The van der Waals surface area contributed by atoms with Gasteiger partial charge in [0.05, 0.1) is 0 Å². The third kappa shape index (κ3) is 4.90. The summed E-state index contributed by atoms with van der Waals surface area (Å²) in [7, 11) is 0. The van der Waals surface area contributed by atoms with Crippen molar-refractivity contribution in [3.63, 3.8) is 0 Å². The van der Waals surface area contributed by atoms with Gasteiger partial charge in [-0.2, -0.15) is 0 Å². The average molecular weight is 373 g/mol. The van der Waals surface area contributed by atoms with E-state index in [9.17, 15) is 4.79 Å². The molecule has 0 aliphatic heterocycles. The number of carbonyl (C=O) groups is 1. The van der Waals surface area contributed by atoms with E-state index >= 15 is 0 Å². The smallest absolute Gasteiger partial charge is 0.137 e. The van der Waals surface area contributed by atoms with Gasteiger partial charge in [-0.3, -0.25) is 4.79 Å². The molecular formula is C27H32O. The summed E-state index contributed by atoms with van der Waals surface area (Å²) >= 11 is 0. The molecule has 0 amide bonds. The molecule has 0 bridgehead atoms. The van der Waals surface area contributed by atoms with Crippen molar-refractivity contribution in [2.45, 2.75) is 59.3 Å². The van der Waals surface area contributed by atoms with Crippen molar-refractivity contribution in [1.82, 2.24) is 0 Å². The minimum Gasteiger partial charge on any atom is -0.299 e. The summed E-state index contributed by atoms with van der Waals surface area (Å²) in [6.45, 7) is 8.77. The highest BCUT2D eigenvalue weighted by Gasteiger charge is 2.23. The summed E-state index contributed by atoms with van der Waals surface area (Å²) in [5, 5.41) is 0. The fourth-order valence-electron chi connectivity index (χ4n) is 4.11. The van der Waals surface area contributed by atoms with Crippen LogP contribution in [-0.4, -0.2) is 5.78 Å². The number of aryl methyl sites for hydroxylation is 1. The van der Waals surface area contributed by atoms with E-state index in [4.69, 9.17) is 0 Å². The molecular weight excluding hydrogens is 340 g/mol. The normalized spacial score (nSPS) is 16.2. The SMILES string of the molecule is CCC1C(CCC(=O)Cc2ccc(C(C)C)cc2)=CC=C1c1cccc(C)c1. The van der Waals surface area contributed by atoms with Crippen LogP contribution in [0, 0.1) is 12.8 Å². The van der Waals surface area contributed by atoms with Crippen molar-refractivity contribution in [2.75, 3.05) is 0 Å². The molecule has 146 valence electrons. The highest BCUT2D eigenvalue weighted by atomic mass is 16.1. The van der Waals surface area contributed by atoms with E-state index in [1.165, 1.54) is 27.8 Å². The molecule has 1 heteroatoms. The third-order valence-corrected chi connectivity index (χ3v) is 5.80. The molecule has 0 heterocycles. The van der Waals surface area contributed by atoms with Crippen LogP contribution in [0.1, 0.15) is 68.2 Å². The first-order valence-corrected chi connectivity index (χ1v) is 10.6. The first kappa shape index (κ1) is 20.3. The molecule has 1 aliphatic rings. The summed E-state index contributed by atoms with van der Waals surface area (Å²) in [5.41, 5.74) is 7.86. The minimum absolute atomic E-state index is 0.331. The molecule has 0 N–H and O–H groups in total. The first-order valence-electron chi connectivity index (χ1n) is 10.6. The van der Waals surface area contributed by atoms with Crippen LogP contribution in [0.15, 0.2) is 66.3 Å². The van der Waals surface area contributed by atoms with Gasteiger partial charge in [0.2, 0.25) is 0 Å². The summed E-state index contributed by atoms with van der Waals surface area (Å²) in [5.74, 6) is 1.30. The Morgan fingerprint density at radius 3 is 2.43 bits per heavy atom. The number of hydrogen-bond acceptors (Lipinski definition) is 1. The predicted molar refractivity (Wildman–Crippen MR) is 119 cm³/mol. The number of allylic oxidation sites excluding steroid dienone is 4. The van der Waals surface area contributed by atoms with Gasteiger partial charge >= 0.3 is 0 Å². The Morgan fingerprint density at radius 1 is 1.04 bits per heavy atom. The van der Waals surface area contributed by atoms with E-state index in [1.807, 2.05) is 0 Å². The summed E-state index contributed by atoms with van der Waals surface area (Å²) in [4.78, 5) is 12.5. The van der Waals surface area contributed by atoms with Crippen LogP contribution in [0.25, 0.3) is 5.57 Å². The standard InChI is InChI=1S/C27H32O/c1-5-26-23(14-16-27(26)24-8-6-7-20(4)17-24)13-15-25(28)18-21-9-11-22(12-10-21)19(2)3/h6-12,14,16-17,19,26H,5,13,15,18H2,1-4H3. The summed E-state index contributed by atoms with van der Waals surface area (Å²) in [6.07, 6.45) is 7.62. The molecule has 0 aromatic heterocycles. The minimum atomic E-state index is 0.331. The lowest BCUT2D eigenvalue weighted by Gasteiger charge is -2.18. The Balaban J connectivity index is 1.56. The van der Waals surface area contributed by atoms with E-state index in [0.29, 0.717) is 30.5 Å². The Bertz CT molecular complexity index is 881. The number of hydrogen-bond donors (Lipinski definition) is 0. The van der Waals surface area contributed by atoms with E-state index in [2.05, 4.69) is 88.4 Å². The lowest BCUT2D eigenvalue weighted by molar-refractivity contribution is -0.118. The molecule has 0 saturated carbocycles. The van der Waals surface area contributed by atoms with Crippen molar-refractivity contribution in [1.29, 1.82) is 0 Å². The van der Waals surface area contributed by atoms with Crippen molar-refractivity contribution in [3.05, 3.63) is 88.5 Å². The molecule has 3 rings (SSSR count). The molecule has 0 radical (unpaired) electrons. The van der Waals surface area contributed by atoms with Crippen LogP contribution >= 0.6 is 0 Å². The molecule has 1 aliphatic carbocycles. The fourth-order valence-corrected chi connectivity index (χ4v) is 4.11. The lowest BCUT2D eigenvalue weighted by Crippen LogP contribution is -2.07. The number of ketones is 1. The number of Topliss-reactive ketones (excluding diaryl/α,β-unsaturated/α-hetero) is 1. The van der Waals surface area contributed by atoms with E-state index < -0.39 is 0 Å². The zero-order valence-corrected chi connectivity index (χ0v) is 17.7. The van der Waals surface area contributed by atoms with Gasteiger partial charge in [-0.1, -0.05) is 92.6 Å². The van der Waals surface area contributed by atoms with Gasteiger partial charge in [0.1, 0.15) is 5.78 Å². The molecule has 1 unspecified atom stereocenters. The first-order chi connectivity index (χ1) is 13.5.